The molecule has 1 fully saturated rings. The Hall–Kier alpha value is -4.26. The van der Waals surface area contributed by atoms with E-state index in [4.69, 9.17) is 0 Å². The van der Waals surface area contributed by atoms with E-state index in [-0.39, 0.29) is 17.9 Å². The Bertz CT molecular complexity index is 1420. The van der Waals surface area contributed by atoms with Crippen molar-refractivity contribution in [2.24, 2.45) is 0 Å². The van der Waals surface area contributed by atoms with E-state index in [1.165, 1.54) is 29.2 Å². The van der Waals surface area contributed by atoms with Crippen molar-refractivity contribution in [2.45, 2.75) is 19.4 Å². The van der Waals surface area contributed by atoms with Crippen molar-refractivity contribution in [3.63, 3.8) is 0 Å². The maximum absolute atomic E-state index is 13.7. The first-order valence-electron chi connectivity index (χ1n) is 11.0. The molecule has 1 amide bonds. The van der Waals surface area contributed by atoms with Crippen LogP contribution in [0.2, 0.25) is 0 Å². The highest BCUT2D eigenvalue weighted by atomic mass is 19.1. The van der Waals surface area contributed by atoms with Gasteiger partial charge in [0.2, 0.25) is 0 Å². The Morgan fingerprint density at radius 2 is 1.71 bits per heavy atom. The molecule has 1 unspecified atom stereocenters. The largest absolute Gasteiger partial charge is 0.505 e. The van der Waals surface area contributed by atoms with Gasteiger partial charge >= 0.3 is 0 Å². The summed E-state index contributed by atoms with van der Waals surface area (Å²) in [5.74, 6) is -2.20. The highest BCUT2D eigenvalue weighted by Crippen LogP contribution is 2.40. The number of ketones is 1. The van der Waals surface area contributed by atoms with Crippen LogP contribution < -0.4 is 0 Å². The van der Waals surface area contributed by atoms with Gasteiger partial charge in [0.25, 0.3) is 11.7 Å². The zero-order valence-electron chi connectivity index (χ0n) is 18.5. The third-order valence-corrected chi connectivity index (χ3v) is 6.14. The standard InChI is InChI=1S/C27H22FN3O3/c1-17-23(30-15-6-5-9-21(30)29-17)25(32)22-24(19-10-12-20(28)13-11-19)31(27(34)26(22)33)16-14-18-7-3-2-4-8-18/h2-13,15,24,32H,14,16H2,1H3/b25-22+. The van der Waals surface area contributed by atoms with E-state index in [2.05, 4.69) is 4.98 Å². The van der Waals surface area contributed by atoms with E-state index in [1.807, 2.05) is 36.4 Å². The van der Waals surface area contributed by atoms with Crippen LogP contribution in [0.4, 0.5) is 4.39 Å². The molecule has 7 heteroatoms. The number of amides is 1. The molecular weight excluding hydrogens is 433 g/mol. The number of aryl methyl sites for hydroxylation is 1. The molecular formula is C27H22FN3O3. The van der Waals surface area contributed by atoms with E-state index < -0.39 is 23.5 Å². The molecule has 3 heterocycles. The van der Waals surface area contributed by atoms with Crippen molar-refractivity contribution in [1.29, 1.82) is 0 Å². The third kappa shape index (κ3) is 3.65. The van der Waals surface area contributed by atoms with Gasteiger partial charge < -0.3 is 10.0 Å². The van der Waals surface area contributed by atoms with Crippen LogP contribution in [0.5, 0.6) is 0 Å². The summed E-state index contributed by atoms with van der Waals surface area (Å²) < 4.78 is 15.4. The van der Waals surface area contributed by atoms with Gasteiger partial charge in [0.05, 0.1) is 17.3 Å². The van der Waals surface area contributed by atoms with Crippen LogP contribution in [-0.4, -0.2) is 37.6 Å². The second-order valence-electron chi connectivity index (χ2n) is 8.25. The van der Waals surface area contributed by atoms with E-state index in [9.17, 15) is 19.1 Å². The summed E-state index contributed by atoms with van der Waals surface area (Å²) in [5.41, 5.74) is 3.01. The van der Waals surface area contributed by atoms with Crippen LogP contribution in [0.3, 0.4) is 0 Å². The average molecular weight is 455 g/mol. The lowest BCUT2D eigenvalue weighted by molar-refractivity contribution is -0.139. The zero-order chi connectivity index (χ0) is 23.8. The van der Waals surface area contributed by atoms with Gasteiger partial charge in [-0.25, -0.2) is 9.37 Å². The molecule has 2 aromatic heterocycles. The van der Waals surface area contributed by atoms with Crippen molar-refractivity contribution in [3.05, 3.63) is 113 Å². The SMILES string of the molecule is Cc1nc2ccccn2c1/C(O)=C1\C(=O)C(=O)N(CCc2ccccc2)C1c1ccc(F)cc1. The van der Waals surface area contributed by atoms with E-state index >= 15 is 0 Å². The van der Waals surface area contributed by atoms with Gasteiger partial charge in [0.15, 0.2) is 5.76 Å². The Balaban J connectivity index is 1.65. The fourth-order valence-electron chi connectivity index (χ4n) is 4.52. The van der Waals surface area contributed by atoms with Crippen LogP contribution >= 0.6 is 0 Å². The number of rotatable bonds is 5. The number of benzene rings is 2. The lowest BCUT2D eigenvalue weighted by atomic mass is 9.96. The summed E-state index contributed by atoms with van der Waals surface area (Å²) in [7, 11) is 0. The summed E-state index contributed by atoms with van der Waals surface area (Å²) >= 11 is 0. The Kier molecular flexibility index (Phi) is 5.45. The molecule has 0 spiro atoms. The molecule has 6 nitrogen and oxygen atoms in total. The number of carbonyl (C=O) groups excluding carboxylic acids is 2. The number of imidazole rings is 1. The number of carbonyl (C=O) groups is 2. The minimum atomic E-state index is -0.849. The van der Waals surface area contributed by atoms with Crippen LogP contribution in [0.15, 0.2) is 84.6 Å². The number of hydrogen-bond donors (Lipinski definition) is 1. The third-order valence-electron chi connectivity index (χ3n) is 6.14. The second-order valence-corrected chi connectivity index (χ2v) is 8.25. The Labute approximate surface area is 195 Å². The van der Waals surface area contributed by atoms with E-state index in [0.29, 0.717) is 29.0 Å². The molecule has 0 aliphatic carbocycles. The molecule has 170 valence electrons. The fraction of sp³-hybridized carbons (Fsp3) is 0.148. The average Bonchev–Trinajstić information content (AvgIpc) is 3.31. The number of fused-ring (bicyclic) bond motifs is 1. The van der Waals surface area contributed by atoms with Gasteiger partial charge in [0, 0.05) is 12.7 Å². The highest BCUT2D eigenvalue weighted by molar-refractivity contribution is 6.46. The molecule has 0 radical (unpaired) electrons. The molecule has 34 heavy (non-hydrogen) atoms. The van der Waals surface area contributed by atoms with Gasteiger partial charge in [-0.05, 0) is 48.7 Å². The second kappa shape index (κ2) is 8.59. The minimum Gasteiger partial charge on any atom is -0.505 e. The minimum absolute atomic E-state index is 0.0292. The van der Waals surface area contributed by atoms with Crippen molar-refractivity contribution in [1.82, 2.24) is 14.3 Å². The number of likely N-dealkylation sites (tertiary alicyclic amines) is 1. The zero-order valence-corrected chi connectivity index (χ0v) is 18.5. The number of pyridine rings is 1. The number of aromatic nitrogens is 2. The Morgan fingerprint density at radius 1 is 1.00 bits per heavy atom. The molecule has 1 saturated heterocycles. The smallest absolute Gasteiger partial charge is 0.295 e. The Morgan fingerprint density at radius 3 is 2.44 bits per heavy atom. The molecule has 1 aliphatic heterocycles. The summed E-state index contributed by atoms with van der Waals surface area (Å²) in [4.78, 5) is 32.3. The van der Waals surface area contributed by atoms with Gasteiger partial charge in [0.1, 0.15) is 17.2 Å². The summed E-state index contributed by atoms with van der Waals surface area (Å²) in [6.45, 7) is 2.00. The summed E-state index contributed by atoms with van der Waals surface area (Å²) in [6.07, 6.45) is 2.27. The van der Waals surface area contributed by atoms with Gasteiger partial charge in [-0.1, -0.05) is 48.5 Å². The number of aliphatic hydroxyl groups excluding tert-OH is 1. The summed E-state index contributed by atoms with van der Waals surface area (Å²) in [6, 6.07) is 19.8. The highest BCUT2D eigenvalue weighted by Gasteiger charge is 2.46. The number of aliphatic hydroxyl groups is 1. The van der Waals surface area contributed by atoms with Gasteiger partial charge in [-0.15, -0.1) is 0 Å². The van der Waals surface area contributed by atoms with Crippen molar-refractivity contribution in [3.8, 4) is 0 Å². The van der Waals surface area contributed by atoms with E-state index in [0.717, 1.165) is 5.56 Å². The topological polar surface area (TPSA) is 74.9 Å². The van der Waals surface area contributed by atoms with Gasteiger partial charge in [-0.3, -0.25) is 14.0 Å². The molecule has 1 N–H and O–H groups in total. The molecule has 5 rings (SSSR count). The number of halogens is 1. The summed E-state index contributed by atoms with van der Waals surface area (Å²) in [5, 5.41) is 11.4. The van der Waals surface area contributed by atoms with Crippen molar-refractivity contribution < 1.29 is 19.1 Å². The normalized spacial score (nSPS) is 17.6. The maximum Gasteiger partial charge on any atom is 0.295 e. The van der Waals surface area contributed by atoms with E-state index in [1.54, 1.807) is 29.7 Å². The van der Waals surface area contributed by atoms with Crippen LogP contribution in [-0.2, 0) is 16.0 Å². The van der Waals surface area contributed by atoms with Gasteiger partial charge in [-0.2, -0.15) is 0 Å². The first-order valence-corrected chi connectivity index (χ1v) is 11.0. The molecule has 1 atom stereocenters. The lowest BCUT2D eigenvalue weighted by Crippen LogP contribution is -2.31. The number of nitrogens with zero attached hydrogens (tertiary/aromatic N) is 3. The molecule has 1 aliphatic rings. The number of hydrogen-bond acceptors (Lipinski definition) is 4. The quantitative estimate of drug-likeness (QED) is 0.274. The molecule has 4 aromatic rings. The predicted molar refractivity (Wildman–Crippen MR) is 125 cm³/mol. The molecule has 0 bridgehead atoms. The molecule has 0 saturated carbocycles. The maximum atomic E-state index is 13.7. The number of Topliss-reactive ketones (excluding diaryl/α,β-unsaturated/α-hetero) is 1. The monoisotopic (exact) mass is 455 g/mol. The lowest BCUT2D eigenvalue weighted by Gasteiger charge is -2.25. The van der Waals surface area contributed by atoms with Crippen molar-refractivity contribution >= 4 is 23.1 Å². The fourth-order valence-corrected chi connectivity index (χ4v) is 4.52. The van der Waals surface area contributed by atoms with Crippen LogP contribution in [0.25, 0.3) is 11.4 Å². The van der Waals surface area contributed by atoms with Crippen molar-refractivity contribution in [2.75, 3.05) is 6.54 Å². The first kappa shape index (κ1) is 21.6. The predicted octanol–water partition coefficient (Wildman–Crippen LogP) is 4.45. The van der Waals surface area contributed by atoms with Crippen LogP contribution in [0, 0.1) is 12.7 Å². The van der Waals surface area contributed by atoms with Crippen LogP contribution in [0.1, 0.15) is 28.6 Å². The first-order chi connectivity index (χ1) is 16.5. The molecule has 2 aromatic carbocycles.